The first-order valence-corrected chi connectivity index (χ1v) is 8.84. The van der Waals surface area contributed by atoms with E-state index < -0.39 is 53.6 Å². The van der Waals surface area contributed by atoms with Crippen LogP contribution >= 0.6 is 11.3 Å². The second kappa shape index (κ2) is 9.70. The van der Waals surface area contributed by atoms with Crippen LogP contribution in [0, 0.1) is 17.5 Å². The fourth-order valence-electron chi connectivity index (χ4n) is 1.93. The molecule has 0 fully saturated rings. The molecule has 2 aromatic rings. The molecule has 0 saturated carbocycles. The van der Waals surface area contributed by atoms with Crippen molar-refractivity contribution in [1.29, 1.82) is 0 Å². The third kappa shape index (κ3) is 5.95. The maximum atomic E-state index is 13.5. The van der Waals surface area contributed by atoms with Crippen LogP contribution in [0.1, 0.15) is 12.5 Å². The first kappa shape index (κ1) is 21.2. The van der Waals surface area contributed by atoms with Crippen molar-refractivity contribution in [1.82, 2.24) is 5.32 Å². The number of halogens is 3. The standard InChI is InChI=1S/C18H15F3N2O4S/c1-10(27-15(25)5-2-11-6-7-28-9-11)18(26)22-8-14(24)23-13-4-3-12(19)16(20)17(13)21/h2-7,9-10H,8H2,1H3,(H,22,26)(H,23,24)/b5-2+. The summed E-state index contributed by atoms with van der Waals surface area (Å²) in [6, 6.07) is 3.29. The molecule has 1 unspecified atom stereocenters. The zero-order chi connectivity index (χ0) is 20.7. The molecule has 0 aliphatic heterocycles. The third-order valence-corrected chi connectivity index (χ3v) is 4.05. The molecular weight excluding hydrogens is 397 g/mol. The van der Waals surface area contributed by atoms with Crippen LogP contribution in [0.15, 0.2) is 35.0 Å². The van der Waals surface area contributed by atoms with E-state index in [-0.39, 0.29) is 0 Å². The average Bonchev–Trinajstić information content (AvgIpc) is 3.18. The van der Waals surface area contributed by atoms with Gasteiger partial charge in [-0.3, -0.25) is 9.59 Å². The lowest BCUT2D eigenvalue weighted by Gasteiger charge is -2.12. The Kier molecular flexibility index (Phi) is 7.33. The number of esters is 1. The fraction of sp³-hybridized carbons (Fsp3) is 0.167. The van der Waals surface area contributed by atoms with E-state index >= 15 is 0 Å². The molecule has 2 amide bonds. The van der Waals surface area contributed by atoms with Gasteiger partial charge in [0.05, 0.1) is 12.2 Å². The smallest absolute Gasteiger partial charge is 0.331 e. The topological polar surface area (TPSA) is 84.5 Å². The van der Waals surface area contributed by atoms with Crippen LogP contribution in [0.3, 0.4) is 0 Å². The first-order valence-electron chi connectivity index (χ1n) is 7.90. The lowest BCUT2D eigenvalue weighted by atomic mass is 10.2. The zero-order valence-electron chi connectivity index (χ0n) is 14.5. The van der Waals surface area contributed by atoms with Crippen LogP contribution in [0.5, 0.6) is 0 Å². The van der Waals surface area contributed by atoms with Gasteiger partial charge >= 0.3 is 5.97 Å². The summed E-state index contributed by atoms with van der Waals surface area (Å²) in [4.78, 5) is 35.2. The monoisotopic (exact) mass is 412 g/mol. The summed E-state index contributed by atoms with van der Waals surface area (Å²) < 4.78 is 44.3. The number of hydrogen-bond acceptors (Lipinski definition) is 5. The molecule has 0 spiro atoms. The lowest BCUT2D eigenvalue weighted by Crippen LogP contribution is -2.40. The van der Waals surface area contributed by atoms with Crippen molar-refractivity contribution in [3.8, 4) is 0 Å². The van der Waals surface area contributed by atoms with E-state index in [1.54, 1.807) is 6.07 Å². The minimum Gasteiger partial charge on any atom is -0.449 e. The summed E-state index contributed by atoms with van der Waals surface area (Å²) in [6.45, 7) is 0.711. The predicted octanol–water partition coefficient (Wildman–Crippen LogP) is 2.87. The summed E-state index contributed by atoms with van der Waals surface area (Å²) in [5, 5.41) is 7.82. The maximum absolute atomic E-state index is 13.5. The Bertz CT molecular complexity index is 900. The van der Waals surface area contributed by atoms with E-state index in [2.05, 4.69) is 5.32 Å². The predicted molar refractivity (Wildman–Crippen MR) is 96.9 cm³/mol. The van der Waals surface area contributed by atoms with Crippen LogP contribution in [-0.2, 0) is 19.1 Å². The van der Waals surface area contributed by atoms with Gasteiger partial charge in [0.15, 0.2) is 23.6 Å². The Balaban J connectivity index is 1.80. The summed E-state index contributed by atoms with van der Waals surface area (Å²) >= 11 is 1.45. The number of nitrogens with one attached hydrogen (secondary N) is 2. The minimum absolute atomic E-state index is 0.573. The van der Waals surface area contributed by atoms with Crippen molar-refractivity contribution < 1.29 is 32.3 Å². The van der Waals surface area contributed by atoms with E-state index in [4.69, 9.17) is 4.74 Å². The molecule has 1 aromatic heterocycles. The molecule has 0 aliphatic carbocycles. The SMILES string of the molecule is CC(OC(=O)/C=C/c1ccsc1)C(=O)NCC(=O)Nc1ccc(F)c(F)c1F. The van der Waals surface area contributed by atoms with Crippen molar-refractivity contribution in [2.24, 2.45) is 0 Å². The molecule has 0 bridgehead atoms. The number of benzene rings is 1. The largest absolute Gasteiger partial charge is 0.449 e. The van der Waals surface area contributed by atoms with Crippen LogP contribution in [0.4, 0.5) is 18.9 Å². The summed E-state index contributed by atoms with van der Waals surface area (Å²) in [5.74, 6) is -7.07. The molecule has 148 valence electrons. The van der Waals surface area contributed by atoms with E-state index in [1.165, 1.54) is 24.3 Å². The van der Waals surface area contributed by atoms with Gasteiger partial charge in [-0.2, -0.15) is 11.3 Å². The van der Waals surface area contributed by atoms with Gasteiger partial charge in [-0.1, -0.05) is 0 Å². The van der Waals surface area contributed by atoms with Gasteiger partial charge in [0.1, 0.15) is 0 Å². The minimum atomic E-state index is -1.72. The number of carbonyl (C=O) groups is 3. The third-order valence-electron chi connectivity index (χ3n) is 3.35. The van der Waals surface area contributed by atoms with Gasteiger partial charge in [-0.05, 0) is 47.5 Å². The van der Waals surface area contributed by atoms with Gasteiger partial charge in [0.25, 0.3) is 5.91 Å². The highest BCUT2D eigenvalue weighted by Gasteiger charge is 2.19. The van der Waals surface area contributed by atoms with Crippen molar-refractivity contribution in [3.63, 3.8) is 0 Å². The number of carbonyl (C=O) groups excluding carboxylic acids is 3. The molecule has 2 N–H and O–H groups in total. The van der Waals surface area contributed by atoms with Gasteiger partial charge in [-0.25, -0.2) is 18.0 Å². The van der Waals surface area contributed by atoms with Crippen molar-refractivity contribution >= 4 is 40.9 Å². The Labute approximate surface area is 162 Å². The second-order valence-electron chi connectivity index (χ2n) is 5.46. The zero-order valence-corrected chi connectivity index (χ0v) is 15.3. The van der Waals surface area contributed by atoms with Crippen LogP contribution in [0.25, 0.3) is 6.08 Å². The van der Waals surface area contributed by atoms with E-state index in [0.29, 0.717) is 6.07 Å². The molecule has 1 atom stereocenters. The Morgan fingerprint density at radius 2 is 1.93 bits per heavy atom. The van der Waals surface area contributed by atoms with Gasteiger partial charge in [-0.15, -0.1) is 0 Å². The molecule has 10 heteroatoms. The van der Waals surface area contributed by atoms with E-state index in [0.717, 1.165) is 17.7 Å². The van der Waals surface area contributed by atoms with Crippen LogP contribution in [-0.4, -0.2) is 30.4 Å². The Morgan fingerprint density at radius 1 is 1.18 bits per heavy atom. The number of anilines is 1. The highest BCUT2D eigenvalue weighted by Crippen LogP contribution is 2.19. The van der Waals surface area contributed by atoms with Crippen LogP contribution < -0.4 is 10.6 Å². The van der Waals surface area contributed by atoms with E-state index in [9.17, 15) is 27.6 Å². The van der Waals surface area contributed by atoms with Gasteiger partial charge in [0.2, 0.25) is 5.91 Å². The fourth-order valence-corrected chi connectivity index (χ4v) is 2.56. The number of hydrogen-bond donors (Lipinski definition) is 2. The van der Waals surface area contributed by atoms with Gasteiger partial charge in [0, 0.05) is 6.08 Å². The van der Waals surface area contributed by atoms with Crippen molar-refractivity contribution in [3.05, 3.63) is 58.1 Å². The molecule has 2 rings (SSSR count). The Morgan fingerprint density at radius 3 is 2.61 bits per heavy atom. The summed E-state index contributed by atoms with van der Waals surface area (Å²) in [7, 11) is 0. The number of thiophene rings is 1. The number of ether oxygens (including phenoxy) is 1. The molecule has 0 saturated heterocycles. The second-order valence-corrected chi connectivity index (χ2v) is 6.24. The number of rotatable bonds is 7. The van der Waals surface area contributed by atoms with Gasteiger partial charge < -0.3 is 15.4 Å². The molecular formula is C18H15F3N2O4S. The lowest BCUT2D eigenvalue weighted by molar-refractivity contribution is -0.150. The highest BCUT2D eigenvalue weighted by molar-refractivity contribution is 7.08. The molecule has 28 heavy (non-hydrogen) atoms. The quantitative estimate of drug-likeness (QED) is 0.416. The first-order chi connectivity index (χ1) is 13.3. The molecule has 1 aromatic carbocycles. The molecule has 1 heterocycles. The van der Waals surface area contributed by atoms with E-state index in [1.807, 2.05) is 16.1 Å². The van der Waals surface area contributed by atoms with Crippen molar-refractivity contribution in [2.75, 3.05) is 11.9 Å². The number of amides is 2. The van der Waals surface area contributed by atoms with Crippen molar-refractivity contribution in [2.45, 2.75) is 13.0 Å². The molecule has 6 nitrogen and oxygen atoms in total. The Hall–Kier alpha value is -3.14. The maximum Gasteiger partial charge on any atom is 0.331 e. The average molecular weight is 412 g/mol. The van der Waals surface area contributed by atoms with Crippen LogP contribution in [0.2, 0.25) is 0 Å². The highest BCUT2D eigenvalue weighted by atomic mass is 32.1. The molecule has 0 aliphatic rings. The normalized spacial score (nSPS) is 11.9. The summed E-state index contributed by atoms with van der Waals surface area (Å²) in [6.07, 6.45) is 1.49. The summed E-state index contributed by atoms with van der Waals surface area (Å²) in [5.41, 5.74) is 0.233. The molecule has 0 radical (unpaired) electrons.